The van der Waals surface area contributed by atoms with Crippen LogP contribution >= 0.6 is 11.3 Å². The highest BCUT2D eigenvalue weighted by molar-refractivity contribution is 7.15. The highest BCUT2D eigenvalue weighted by atomic mass is 32.1. The highest BCUT2D eigenvalue weighted by Crippen LogP contribution is 2.27. The molecule has 4 aromatic rings. The van der Waals surface area contributed by atoms with Crippen LogP contribution in [0.2, 0.25) is 0 Å². The third-order valence-electron chi connectivity index (χ3n) is 5.30. The van der Waals surface area contributed by atoms with Crippen molar-refractivity contribution in [3.05, 3.63) is 112 Å². The molecule has 0 radical (unpaired) electrons. The van der Waals surface area contributed by atoms with Gasteiger partial charge in [-0.05, 0) is 29.3 Å². The second kappa shape index (κ2) is 9.21. The van der Waals surface area contributed by atoms with Gasteiger partial charge in [0.05, 0.1) is 17.7 Å². The molecule has 0 fully saturated rings. The van der Waals surface area contributed by atoms with Crippen molar-refractivity contribution in [1.29, 1.82) is 0 Å². The van der Waals surface area contributed by atoms with Crippen molar-refractivity contribution in [3.63, 3.8) is 0 Å². The van der Waals surface area contributed by atoms with Crippen molar-refractivity contribution in [2.24, 2.45) is 0 Å². The summed E-state index contributed by atoms with van der Waals surface area (Å²) >= 11 is 1.12. The Morgan fingerprint density at radius 3 is 2.06 bits per heavy atom. The molecule has 2 heterocycles. The van der Waals surface area contributed by atoms with E-state index in [0.29, 0.717) is 21.7 Å². The number of aromatic nitrogens is 2. The van der Waals surface area contributed by atoms with E-state index in [-0.39, 0.29) is 29.4 Å². The van der Waals surface area contributed by atoms with Gasteiger partial charge in [0.2, 0.25) is 5.13 Å². The molecule has 166 valence electrons. The maximum atomic E-state index is 13.2. The Labute approximate surface area is 199 Å². The number of hydrogen-bond donors (Lipinski definition) is 1. The first-order valence-corrected chi connectivity index (χ1v) is 11.3. The van der Waals surface area contributed by atoms with Crippen molar-refractivity contribution >= 4 is 45.8 Å². The number of carbonyl (C=O) groups excluding carboxylic acids is 3. The molecule has 0 saturated carbocycles. The molecular weight excluding hydrogens is 448 g/mol. The molecule has 3 amide bonds. The molecule has 3 aromatic carbocycles. The molecule has 0 aliphatic carbocycles. The van der Waals surface area contributed by atoms with Gasteiger partial charge in [0.15, 0.2) is 0 Å². The minimum absolute atomic E-state index is 0.00865. The van der Waals surface area contributed by atoms with Gasteiger partial charge in [-0.2, -0.15) is 0 Å². The molecular formula is C26H18N4O3S. The van der Waals surface area contributed by atoms with Crippen LogP contribution in [0.4, 0.5) is 5.13 Å². The molecule has 8 heteroatoms. The predicted molar refractivity (Wildman–Crippen MR) is 130 cm³/mol. The molecule has 7 nitrogen and oxygen atoms in total. The Kier molecular flexibility index (Phi) is 5.80. The van der Waals surface area contributed by atoms with E-state index in [1.807, 2.05) is 66.7 Å². The lowest BCUT2D eigenvalue weighted by Gasteiger charge is -2.10. The van der Waals surface area contributed by atoms with Crippen LogP contribution in [0.1, 0.15) is 36.9 Å². The first-order valence-electron chi connectivity index (χ1n) is 10.5. The van der Waals surface area contributed by atoms with Crippen LogP contribution in [0.5, 0.6) is 0 Å². The summed E-state index contributed by atoms with van der Waals surface area (Å²) < 4.78 is 0. The Bertz CT molecular complexity index is 1380. The van der Waals surface area contributed by atoms with Gasteiger partial charge in [-0.15, -0.1) is 10.2 Å². The summed E-state index contributed by atoms with van der Waals surface area (Å²) in [6.45, 7) is -0.00865. The van der Waals surface area contributed by atoms with Crippen LogP contribution in [-0.2, 0) is 11.3 Å². The average molecular weight is 467 g/mol. The number of nitrogens with zero attached hydrogens (tertiary/aromatic N) is 3. The number of anilines is 1. The smallest absolute Gasteiger partial charge is 0.261 e. The van der Waals surface area contributed by atoms with Gasteiger partial charge in [0.1, 0.15) is 5.01 Å². The summed E-state index contributed by atoms with van der Waals surface area (Å²) in [6, 6.07) is 25.6. The number of hydrogen-bond acceptors (Lipinski definition) is 6. The van der Waals surface area contributed by atoms with E-state index in [1.54, 1.807) is 24.3 Å². The minimum Gasteiger partial charge on any atom is -0.296 e. The summed E-state index contributed by atoms with van der Waals surface area (Å²) in [7, 11) is 0. The van der Waals surface area contributed by atoms with Gasteiger partial charge in [-0.1, -0.05) is 84.1 Å². The van der Waals surface area contributed by atoms with Gasteiger partial charge < -0.3 is 0 Å². The van der Waals surface area contributed by atoms with E-state index in [9.17, 15) is 14.4 Å². The Balaban J connectivity index is 1.34. The number of amides is 3. The first kappa shape index (κ1) is 21.4. The van der Waals surface area contributed by atoms with Crippen LogP contribution in [0.25, 0.3) is 11.6 Å². The topological polar surface area (TPSA) is 92.3 Å². The van der Waals surface area contributed by atoms with Crippen LogP contribution in [-0.4, -0.2) is 32.8 Å². The number of benzene rings is 3. The lowest BCUT2D eigenvalue weighted by Crippen LogP contribution is -2.29. The summed E-state index contributed by atoms with van der Waals surface area (Å²) in [5, 5.41) is 11.6. The zero-order valence-corrected chi connectivity index (χ0v) is 18.7. The van der Waals surface area contributed by atoms with E-state index in [0.717, 1.165) is 27.4 Å². The molecule has 0 saturated heterocycles. The average Bonchev–Trinajstić information content (AvgIpc) is 3.41. The van der Waals surface area contributed by atoms with Crippen LogP contribution in [0.3, 0.4) is 0 Å². The first-order chi connectivity index (χ1) is 16.6. The van der Waals surface area contributed by atoms with Gasteiger partial charge in [-0.3, -0.25) is 24.6 Å². The lowest BCUT2D eigenvalue weighted by molar-refractivity contribution is -0.111. The molecule has 0 spiro atoms. The van der Waals surface area contributed by atoms with Crippen LogP contribution in [0, 0.1) is 0 Å². The van der Waals surface area contributed by atoms with Crippen LogP contribution < -0.4 is 5.32 Å². The van der Waals surface area contributed by atoms with E-state index in [2.05, 4.69) is 15.5 Å². The third kappa shape index (κ3) is 4.26. The number of imide groups is 1. The number of rotatable bonds is 6. The van der Waals surface area contributed by atoms with Gasteiger partial charge in [-0.25, -0.2) is 0 Å². The Morgan fingerprint density at radius 1 is 0.824 bits per heavy atom. The van der Waals surface area contributed by atoms with Crippen molar-refractivity contribution in [1.82, 2.24) is 15.1 Å². The zero-order chi connectivity index (χ0) is 23.5. The lowest BCUT2D eigenvalue weighted by atomic mass is 10.0. The summed E-state index contributed by atoms with van der Waals surface area (Å²) in [4.78, 5) is 39.5. The summed E-state index contributed by atoms with van der Waals surface area (Å²) in [6.07, 6.45) is 1.81. The number of carbonyl (C=O) groups is 3. The summed E-state index contributed by atoms with van der Waals surface area (Å²) in [5.41, 5.74) is 2.89. The predicted octanol–water partition coefficient (Wildman–Crippen LogP) is 4.51. The second-order valence-corrected chi connectivity index (χ2v) is 8.59. The highest BCUT2D eigenvalue weighted by Gasteiger charge is 2.35. The minimum atomic E-state index is -0.362. The molecule has 0 atom stereocenters. The van der Waals surface area contributed by atoms with Crippen molar-refractivity contribution in [2.45, 2.75) is 6.54 Å². The van der Waals surface area contributed by atoms with Gasteiger partial charge in [0, 0.05) is 5.57 Å². The van der Waals surface area contributed by atoms with Crippen molar-refractivity contribution < 1.29 is 14.4 Å². The Morgan fingerprint density at radius 2 is 1.41 bits per heavy atom. The van der Waals surface area contributed by atoms with Crippen molar-refractivity contribution in [3.8, 4) is 0 Å². The van der Waals surface area contributed by atoms with Crippen LogP contribution in [0.15, 0.2) is 84.9 Å². The molecule has 0 unspecified atom stereocenters. The normalized spacial score (nSPS) is 13.2. The fourth-order valence-electron chi connectivity index (χ4n) is 3.66. The zero-order valence-electron chi connectivity index (χ0n) is 17.8. The van der Waals surface area contributed by atoms with E-state index < -0.39 is 0 Å². The second-order valence-electron chi connectivity index (χ2n) is 7.53. The maximum absolute atomic E-state index is 13.2. The fourth-order valence-corrected chi connectivity index (χ4v) is 4.39. The molecule has 34 heavy (non-hydrogen) atoms. The Hall–Kier alpha value is -4.43. The SMILES string of the molecule is O=C(Nc1nnc(CN2C(=O)c3ccccc3C2=O)s1)/C(=C\c1ccccc1)c1ccccc1. The third-order valence-corrected chi connectivity index (χ3v) is 6.12. The molecule has 1 aliphatic heterocycles. The van der Waals surface area contributed by atoms with E-state index >= 15 is 0 Å². The maximum Gasteiger partial charge on any atom is 0.261 e. The van der Waals surface area contributed by atoms with Gasteiger partial charge >= 0.3 is 0 Å². The number of nitrogens with one attached hydrogen (secondary N) is 1. The van der Waals surface area contributed by atoms with E-state index in [1.165, 1.54) is 0 Å². The molecule has 1 N–H and O–H groups in total. The standard InChI is InChI=1S/C26H18N4O3S/c31-23(21(18-11-5-2-6-12-18)15-17-9-3-1-4-10-17)27-26-29-28-22(34-26)16-30-24(32)19-13-7-8-14-20(19)25(30)33/h1-15H,16H2,(H,27,29,31)/b21-15-. The number of fused-ring (bicyclic) bond motifs is 1. The summed E-state index contributed by atoms with van der Waals surface area (Å²) in [5.74, 6) is -1.06. The van der Waals surface area contributed by atoms with Gasteiger partial charge in [0.25, 0.3) is 17.7 Å². The molecule has 1 aromatic heterocycles. The van der Waals surface area contributed by atoms with Crippen molar-refractivity contribution in [2.75, 3.05) is 5.32 Å². The van der Waals surface area contributed by atoms with E-state index in [4.69, 9.17) is 0 Å². The molecule has 5 rings (SSSR count). The largest absolute Gasteiger partial charge is 0.296 e. The quantitative estimate of drug-likeness (QED) is 0.256. The monoisotopic (exact) mass is 466 g/mol. The molecule has 0 bridgehead atoms. The molecule has 1 aliphatic rings. The fraction of sp³-hybridized carbons (Fsp3) is 0.0385.